The third-order valence-corrected chi connectivity index (χ3v) is 5.67. The van der Waals surface area contributed by atoms with Gasteiger partial charge in [0.2, 0.25) is 0 Å². The molecule has 0 aromatic heterocycles. The number of carboxylic acids is 1. The van der Waals surface area contributed by atoms with Crippen molar-refractivity contribution >= 4 is 40.7 Å². The first-order valence-corrected chi connectivity index (χ1v) is 10.4. The number of nitrogens with one attached hydrogen (secondary N) is 1. The van der Waals surface area contributed by atoms with E-state index in [4.69, 9.17) is 9.84 Å². The number of hydrogen-bond acceptors (Lipinski definition) is 4. The maximum Gasteiger partial charge on any atom is 0.307 e. The molecule has 0 saturated carbocycles. The minimum absolute atomic E-state index is 0. The quantitative estimate of drug-likeness (QED) is 0.564. The zero-order valence-corrected chi connectivity index (χ0v) is 18.7. The number of carboxylic acid groups (broad SMARTS) is 1. The summed E-state index contributed by atoms with van der Waals surface area (Å²) < 4.78 is 5.76. The molecule has 4 rings (SSSR count). The van der Waals surface area contributed by atoms with Crippen LogP contribution in [0.15, 0.2) is 66.7 Å². The largest absolute Gasteiger partial charge is 0.481 e. The summed E-state index contributed by atoms with van der Waals surface area (Å²) in [5.74, 6) is -0.967. The maximum absolute atomic E-state index is 12.4. The highest BCUT2D eigenvalue weighted by molar-refractivity contribution is 5.95. The van der Waals surface area contributed by atoms with Gasteiger partial charge >= 0.3 is 5.97 Å². The van der Waals surface area contributed by atoms with Gasteiger partial charge in [-0.15, -0.1) is 12.4 Å². The van der Waals surface area contributed by atoms with Crippen LogP contribution in [0.3, 0.4) is 0 Å². The molecule has 1 unspecified atom stereocenters. The smallest absolute Gasteiger partial charge is 0.307 e. The van der Waals surface area contributed by atoms with Gasteiger partial charge in [0.15, 0.2) is 0 Å². The SMILES string of the molecule is C[C@@H](NCC1CN(c2ccc(CC(=O)O)cc2)C(=O)CO1)c1cccc2ccccc12.Cl. The standard InChI is InChI=1S/C25H26N2O4.ClH/c1-17(22-8-4-6-19-5-2-3-7-23(19)22)26-14-21-15-27(24(28)16-31-21)20-11-9-18(10-12-20)13-25(29)30;/h2-12,17,21,26H,13-16H2,1H3,(H,29,30);1H/t17-,21?;/m1./s1. The van der Waals surface area contributed by atoms with Gasteiger partial charge in [-0.3, -0.25) is 9.59 Å². The lowest BCUT2D eigenvalue weighted by Crippen LogP contribution is -2.50. The molecule has 1 fully saturated rings. The first kappa shape index (κ1) is 23.7. The molecule has 0 bridgehead atoms. The van der Waals surface area contributed by atoms with E-state index in [1.165, 1.54) is 16.3 Å². The van der Waals surface area contributed by atoms with Crippen molar-refractivity contribution in [2.75, 3.05) is 24.6 Å². The Kier molecular flexibility index (Phi) is 7.85. The van der Waals surface area contributed by atoms with Crippen molar-refractivity contribution in [3.05, 3.63) is 77.9 Å². The van der Waals surface area contributed by atoms with Crippen molar-refractivity contribution < 1.29 is 19.4 Å². The van der Waals surface area contributed by atoms with Crippen LogP contribution >= 0.6 is 12.4 Å². The number of hydrogen-bond donors (Lipinski definition) is 2. The van der Waals surface area contributed by atoms with Crippen molar-refractivity contribution in [1.82, 2.24) is 5.32 Å². The molecule has 1 amide bonds. The van der Waals surface area contributed by atoms with Crippen molar-refractivity contribution in [1.29, 1.82) is 0 Å². The number of ether oxygens (including phenoxy) is 1. The van der Waals surface area contributed by atoms with Crippen molar-refractivity contribution in [2.45, 2.75) is 25.5 Å². The second-order valence-electron chi connectivity index (χ2n) is 7.87. The summed E-state index contributed by atoms with van der Waals surface area (Å²) in [6.07, 6.45) is -0.163. The Hall–Kier alpha value is -2.93. The topological polar surface area (TPSA) is 78.9 Å². The van der Waals surface area contributed by atoms with E-state index in [0.29, 0.717) is 18.7 Å². The molecule has 2 N–H and O–H groups in total. The number of benzene rings is 3. The van der Waals surface area contributed by atoms with Crippen molar-refractivity contribution in [3.63, 3.8) is 0 Å². The zero-order valence-electron chi connectivity index (χ0n) is 17.9. The van der Waals surface area contributed by atoms with Gasteiger partial charge in [0.05, 0.1) is 19.1 Å². The lowest BCUT2D eigenvalue weighted by Gasteiger charge is -2.33. The van der Waals surface area contributed by atoms with Gasteiger partial charge in [-0.05, 0) is 41.0 Å². The molecule has 0 spiro atoms. The molecule has 0 radical (unpaired) electrons. The lowest BCUT2D eigenvalue weighted by atomic mass is 9.99. The number of carbonyl (C=O) groups excluding carboxylic acids is 1. The first-order valence-electron chi connectivity index (χ1n) is 10.4. The van der Waals surface area contributed by atoms with Crippen LogP contribution in [0.4, 0.5) is 5.69 Å². The van der Waals surface area contributed by atoms with Crippen LogP contribution in [0.1, 0.15) is 24.1 Å². The van der Waals surface area contributed by atoms with Gasteiger partial charge in [-0.25, -0.2) is 0 Å². The van der Waals surface area contributed by atoms with Crippen LogP contribution in [-0.4, -0.2) is 42.8 Å². The van der Waals surface area contributed by atoms with Crippen LogP contribution in [0.5, 0.6) is 0 Å². The van der Waals surface area contributed by atoms with Gasteiger partial charge in [0, 0.05) is 18.3 Å². The van der Waals surface area contributed by atoms with Crippen LogP contribution in [0, 0.1) is 0 Å². The Labute approximate surface area is 193 Å². The number of anilines is 1. The van der Waals surface area contributed by atoms with Crippen LogP contribution in [0.2, 0.25) is 0 Å². The van der Waals surface area contributed by atoms with E-state index in [2.05, 4.69) is 42.6 Å². The molecule has 1 heterocycles. The second-order valence-corrected chi connectivity index (χ2v) is 7.87. The van der Waals surface area contributed by atoms with E-state index < -0.39 is 5.97 Å². The Morgan fingerprint density at radius 3 is 2.59 bits per heavy atom. The van der Waals surface area contributed by atoms with E-state index in [1.54, 1.807) is 29.2 Å². The van der Waals surface area contributed by atoms with Gasteiger partial charge < -0.3 is 20.1 Å². The highest BCUT2D eigenvalue weighted by atomic mass is 35.5. The number of carbonyl (C=O) groups is 2. The molecular weight excluding hydrogens is 428 g/mol. The van der Waals surface area contributed by atoms with Gasteiger partial charge in [0.1, 0.15) is 6.61 Å². The molecule has 1 saturated heterocycles. The van der Waals surface area contributed by atoms with E-state index in [0.717, 1.165) is 5.69 Å². The molecule has 0 aliphatic carbocycles. The molecule has 1 aliphatic rings. The Bertz CT molecular complexity index is 1080. The fourth-order valence-corrected chi connectivity index (χ4v) is 4.01. The zero-order chi connectivity index (χ0) is 21.8. The molecule has 6 nitrogen and oxygen atoms in total. The van der Waals surface area contributed by atoms with Gasteiger partial charge in [-0.2, -0.15) is 0 Å². The Balaban J connectivity index is 0.00000289. The summed E-state index contributed by atoms with van der Waals surface area (Å²) >= 11 is 0. The molecular formula is C25H27ClN2O4. The van der Waals surface area contributed by atoms with Crippen LogP contribution < -0.4 is 10.2 Å². The summed E-state index contributed by atoms with van der Waals surface area (Å²) in [7, 11) is 0. The molecule has 7 heteroatoms. The number of morpholine rings is 1. The molecule has 2 atom stereocenters. The fourth-order valence-electron chi connectivity index (χ4n) is 4.01. The minimum Gasteiger partial charge on any atom is -0.481 e. The third kappa shape index (κ3) is 5.46. The van der Waals surface area contributed by atoms with Gasteiger partial charge in [0.25, 0.3) is 5.91 Å². The van der Waals surface area contributed by atoms with Crippen LogP contribution in [0.25, 0.3) is 10.8 Å². The van der Waals surface area contributed by atoms with E-state index in [-0.39, 0.29) is 43.5 Å². The molecule has 168 valence electrons. The van der Waals surface area contributed by atoms with Gasteiger partial charge in [-0.1, -0.05) is 54.6 Å². The van der Waals surface area contributed by atoms with Crippen molar-refractivity contribution in [2.24, 2.45) is 0 Å². The third-order valence-electron chi connectivity index (χ3n) is 5.67. The minimum atomic E-state index is -0.873. The summed E-state index contributed by atoms with van der Waals surface area (Å²) in [6, 6.07) is 21.9. The second kappa shape index (κ2) is 10.6. The molecule has 1 aliphatic heterocycles. The molecule has 3 aromatic carbocycles. The summed E-state index contributed by atoms with van der Waals surface area (Å²) in [6.45, 7) is 3.23. The monoisotopic (exact) mass is 454 g/mol. The Morgan fingerprint density at radius 2 is 1.84 bits per heavy atom. The summed E-state index contributed by atoms with van der Waals surface area (Å²) in [4.78, 5) is 25.0. The predicted octanol–water partition coefficient (Wildman–Crippen LogP) is 3.97. The fraction of sp³-hybridized carbons (Fsp3) is 0.280. The first-order chi connectivity index (χ1) is 15.0. The summed E-state index contributed by atoms with van der Waals surface area (Å²) in [5.41, 5.74) is 2.70. The lowest BCUT2D eigenvalue weighted by molar-refractivity contribution is -0.136. The predicted molar refractivity (Wildman–Crippen MR) is 127 cm³/mol. The van der Waals surface area contributed by atoms with E-state index >= 15 is 0 Å². The molecule has 3 aromatic rings. The Morgan fingerprint density at radius 1 is 1.12 bits per heavy atom. The normalized spacial score (nSPS) is 17.1. The number of aliphatic carboxylic acids is 1. The number of rotatable bonds is 7. The van der Waals surface area contributed by atoms with E-state index in [1.807, 2.05) is 12.1 Å². The highest BCUT2D eigenvalue weighted by Gasteiger charge is 2.27. The average molecular weight is 455 g/mol. The highest BCUT2D eigenvalue weighted by Crippen LogP contribution is 2.25. The summed E-state index contributed by atoms with van der Waals surface area (Å²) in [5, 5.41) is 14.9. The van der Waals surface area contributed by atoms with Crippen LogP contribution in [-0.2, 0) is 20.7 Å². The number of nitrogens with zero attached hydrogens (tertiary/aromatic N) is 1. The average Bonchev–Trinajstić information content (AvgIpc) is 2.78. The van der Waals surface area contributed by atoms with E-state index in [9.17, 15) is 9.59 Å². The molecule has 32 heavy (non-hydrogen) atoms. The van der Waals surface area contributed by atoms with Crippen molar-refractivity contribution in [3.8, 4) is 0 Å². The number of fused-ring (bicyclic) bond motifs is 1. The maximum atomic E-state index is 12.4. The number of halogens is 1. The number of amides is 1.